The summed E-state index contributed by atoms with van der Waals surface area (Å²) < 4.78 is 0. The zero-order valence-corrected chi connectivity index (χ0v) is 9.05. The van der Waals surface area contributed by atoms with E-state index in [-0.39, 0.29) is 0 Å². The minimum Gasteiger partial charge on any atom is -0.328 e. The molecular formula is C11H24N2. The lowest BCUT2D eigenvalue weighted by molar-refractivity contribution is 0.314. The third kappa shape index (κ3) is 4.10. The molecule has 1 fully saturated rings. The van der Waals surface area contributed by atoms with Gasteiger partial charge < -0.3 is 11.1 Å². The Hall–Kier alpha value is -0.0800. The second kappa shape index (κ2) is 5.61. The van der Waals surface area contributed by atoms with Crippen LogP contribution in [0.1, 0.15) is 52.4 Å². The van der Waals surface area contributed by atoms with Crippen LogP contribution in [0.4, 0.5) is 0 Å². The van der Waals surface area contributed by atoms with Gasteiger partial charge in [-0.05, 0) is 39.0 Å². The maximum Gasteiger partial charge on any atom is 0.00706 e. The largest absolute Gasteiger partial charge is 0.328 e. The maximum atomic E-state index is 5.86. The maximum absolute atomic E-state index is 5.86. The van der Waals surface area contributed by atoms with Crippen molar-refractivity contribution in [3.05, 3.63) is 0 Å². The fraction of sp³-hybridized carbons (Fsp3) is 1.00. The molecule has 1 saturated carbocycles. The average Bonchev–Trinajstić information content (AvgIpc) is 2.09. The second-order valence-corrected chi connectivity index (χ2v) is 4.47. The van der Waals surface area contributed by atoms with Crippen molar-refractivity contribution in [1.82, 2.24) is 5.32 Å². The molecule has 0 aliphatic heterocycles. The van der Waals surface area contributed by atoms with E-state index in [9.17, 15) is 0 Å². The average molecular weight is 184 g/mol. The van der Waals surface area contributed by atoms with Crippen LogP contribution < -0.4 is 11.1 Å². The number of hydrogen-bond acceptors (Lipinski definition) is 2. The van der Waals surface area contributed by atoms with E-state index in [0.29, 0.717) is 12.1 Å². The van der Waals surface area contributed by atoms with Gasteiger partial charge in [-0.15, -0.1) is 0 Å². The zero-order chi connectivity index (χ0) is 9.68. The van der Waals surface area contributed by atoms with E-state index < -0.39 is 0 Å². The molecule has 13 heavy (non-hydrogen) atoms. The molecular weight excluding hydrogens is 160 g/mol. The first-order valence-electron chi connectivity index (χ1n) is 5.74. The van der Waals surface area contributed by atoms with E-state index in [0.717, 1.165) is 6.04 Å². The van der Waals surface area contributed by atoms with Gasteiger partial charge in [0.05, 0.1) is 0 Å². The van der Waals surface area contributed by atoms with Crippen molar-refractivity contribution in [3.8, 4) is 0 Å². The Bertz CT molecular complexity index is 128. The van der Waals surface area contributed by atoms with Crippen LogP contribution in [-0.2, 0) is 0 Å². The molecule has 3 N–H and O–H groups in total. The summed E-state index contributed by atoms with van der Waals surface area (Å²) in [5.41, 5.74) is 5.86. The topological polar surface area (TPSA) is 38.0 Å². The normalized spacial score (nSPS) is 31.6. The Morgan fingerprint density at radius 2 is 1.92 bits per heavy atom. The predicted octanol–water partition coefficient (Wildman–Crippen LogP) is 2.03. The van der Waals surface area contributed by atoms with Gasteiger partial charge in [-0.1, -0.05) is 13.3 Å². The van der Waals surface area contributed by atoms with Crippen LogP contribution in [-0.4, -0.2) is 18.1 Å². The van der Waals surface area contributed by atoms with Gasteiger partial charge >= 0.3 is 0 Å². The van der Waals surface area contributed by atoms with Crippen LogP contribution in [0.25, 0.3) is 0 Å². The lowest BCUT2D eigenvalue weighted by atomic mass is 9.91. The molecule has 0 aromatic rings. The van der Waals surface area contributed by atoms with Crippen LogP contribution >= 0.6 is 0 Å². The standard InChI is InChI=1S/C11H24N2/c1-3-4-9(2)13-11-7-5-10(12)6-8-11/h9-11,13H,3-8,12H2,1-2H3. The third-order valence-corrected chi connectivity index (χ3v) is 3.01. The van der Waals surface area contributed by atoms with E-state index in [1.807, 2.05) is 0 Å². The van der Waals surface area contributed by atoms with Crippen molar-refractivity contribution in [2.75, 3.05) is 0 Å². The first-order chi connectivity index (χ1) is 6.22. The first kappa shape index (κ1) is 11.0. The van der Waals surface area contributed by atoms with Crippen LogP contribution in [0, 0.1) is 0 Å². The lowest BCUT2D eigenvalue weighted by Crippen LogP contribution is -2.41. The molecule has 1 unspecified atom stereocenters. The van der Waals surface area contributed by atoms with Crippen molar-refractivity contribution in [3.63, 3.8) is 0 Å². The molecule has 0 saturated heterocycles. The van der Waals surface area contributed by atoms with E-state index in [4.69, 9.17) is 5.73 Å². The Labute approximate surface area is 82.3 Å². The van der Waals surface area contributed by atoms with Crippen molar-refractivity contribution < 1.29 is 0 Å². The SMILES string of the molecule is CCCC(C)NC1CCC(N)CC1. The molecule has 0 amide bonds. The molecule has 1 rings (SSSR count). The summed E-state index contributed by atoms with van der Waals surface area (Å²) >= 11 is 0. The summed E-state index contributed by atoms with van der Waals surface area (Å²) in [7, 11) is 0. The minimum absolute atomic E-state index is 0.472. The highest BCUT2D eigenvalue weighted by atomic mass is 14.9. The zero-order valence-electron chi connectivity index (χ0n) is 9.05. The molecule has 0 aromatic heterocycles. The van der Waals surface area contributed by atoms with Gasteiger partial charge in [0, 0.05) is 18.1 Å². The molecule has 2 heteroatoms. The van der Waals surface area contributed by atoms with Gasteiger partial charge in [-0.25, -0.2) is 0 Å². The molecule has 1 aliphatic carbocycles. The molecule has 1 atom stereocenters. The quantitative estimate of drug-likeness (QED) is 0.701. The van der Waals surface area contributed by atoms with Crippen LogP contribution in [0.5, 0.6) is 0 Å². The van der Waals surface area contributed by atoms with Gasteiger partial charge in [0.25, 0.3) is 0 Å². The molecule has 1 aliphatic rings. The Balaban J connectivity index is 2.14. The molecule has 0 bridgehead atoms. The fourth-order valence-corrected chi connectivity index (χ4v) is 2.20. The Morgan fingerprint density at radius 3 is 2.46 bits per heavy atom. The minimum atomic E-state index is 0.472. The van der Waals surface area contributed by atoms with Crippen LogP contribution in [0.2, 0.25) is 0 Å². The molecule has 2 nitrogen and oxygen atoms in total. The van der Waals surface area contributed by atoms with Crippen molar-refractivity contribution in [1.29, 1.82) is 0 Å². The second-order valence-electron chi connectivity index (χ2n) is 4.47. The number of hydrogen-bond donors (Lipinski definition) is 2. The fourth-order valence-electron chi connectivity index (χ4n) is 2.20. The summed E-state index contributed by atoms with van der Waals surface area (Å²) in [6.07, 6.45) is 7.53. The van der Waals surface area contributed by atoms with E-state index in [1.54, 1.807) is 0 Å². The van der Waals surface area contributed by atoms with Gasteiger partial charge in [-0.2, -0.15) is 0 Å². The van der Waals surface area contributed by atoms with Gasteiger partial charge in [0.2, 0.25) is 0 Å². The van der Waals surface area contributed by atoms with E-state index >= 15 is 0 Å². The summed E-state index contributed by atoms with van der Waals surface area (Å²) in [5.74, 6) is 0. The molecule has 0 radical (unpaired) electrons. The van der Waals surface area contributed by atoms with Gasteiger partial charge in [0.15, 0.2) is 0 Å². The molecule has 0 aromatic carbocycles. The van der Waals surface area contributed by atoms with E-state index in [2.05, 4.69) is 19.2 Å². The highest BCUT2D eigenvalue weighted by molar-refractivity contribution is 4.80. The van der Waals surface area contributed by atoms with Crippen molar-refractivity contribution in [2.24, 2.45) is 5.73 Å². The highest BCUT2D eigenvalue weighted by Crippen LogP contribution is 2.17. The van der Waals surface area contributed by atoms with Crippen LogP contribution in [0.15, 0.2) is 0 Å². The third-order valence-electron chi connectivity index (χ3n) is 3.01. The Kier molecular flexibility index (Phi) is 4.74. The van der Waals surface area contributed by atoms with E-state index in [1.165, 1.54) is 38.5 Å². The first-order valence-corrected chi connectivity index (χ1v) is 5.74. The highest BCUT2D eigenvalue weighted by Gasteiger charge is 2.19. The molecule has 0 spiro atoms. The monoisotopic (exact) mass is 184 g/mol. The van der Waals surface area contributed by atoms with Crippen molar-refractivity contribution >= 4 is 0 Å². The lowest BCUT2D eigenvalue weighted by Gasteiger charge is -2.29. The smallest absolute Gasteiger partial charge is 0.00706 e. The molecule has 78 valence electrons. The van der Waals surface area contributed by atoms with Crippen LogP contribution in [0.3, 0.4) is 0 Å². The summed E-state index contributed by atoms with van der Waals surface area (Å²) in [5, 5.41) is 3.68. The summed E-state index contributed by atoms with van der Waals surface area (Å²) in [6.45, 7) is 4.53. The van der Waals surface area contributed by atoms with Gasteiger partial charge in [0.1, 0.15) is 0 Å². The molecule has 0 heterocycles. The number of nitrogens with two attached hydrogens (primary N) is 1. The summed E-state index contributed by atoms with van der Waals surface area (Å²) in [6, 6.07) is 1.89. The number of nitrogens with one attached hydrogen (secondary N) is 1. The Morgan fingerprint density at radius 1 is 1.31 bits per heavy atom. The van der Waals surface area contributed by atoms with Gasteiger partial charge in [-0.3, -0.25) is 0 Å². The van der Waals surface area contributed by atoms with Crippen molar-refractivity contribution in [2.45, 2.75) is 70.5 Å². The predicted molar refractivity (Wildman–Crippen MR) is 57.7 cm³/mol. The number of rotatable bonds is 4. The summed E-state index contributed by atoms with van der Waals surface area (Å²) in [4.78, 5) is 0.